The molecule has 2 aromatic rings. The Hall–Kier alpha value is -3.03. The number of aromatic carboxylic acids is 1. The van der Waals surface area contributed by atoms with E-state index in [2.05, 4.69) is 9.97 Å². The smallest absolute Gasteiger partial charge is 0.338 e. The molecular formula is C11H7N3O5. The molecule has 96 valence electrons. The van der Waals surface area contributed by atoms with Gasteiger partial charge in [0.2, 0.25) is 5.75 Å². The van der Waals surface area contributed by atoms with E-state index in [-0.39, 0.29) is 23.0 Å². The lowest BCUT2D eigenvalue weighted by atomic mass is 10.3. The maximum absolute atomic E-state index is 10.8. The quantitative estimate of drug-likeness (QED) is 0.659. The summed E-state index contributed by atoms with van der Waals surface area (Å²) in [4.78, 5) is 28.1. The average Bonchev–Trinajstić information content (AvgIpc) is 2.39. The van der Waals surface area contributed by atoms with E-state index in [1.54, 1.807) is 6.07 Å². The number of hydrogen-bond donors (Lipinski definition) is 1. The minimum absolute atomic E-state index is 0.0180. The first-order chi connectivity index (χ1) is 9.08. The Balaban J connectivity index is 2.26. The van der Waals surface area contributed by atoms with Crippen molar-refractivity contribution in [2.45, 2.75) is 0 Å². The fourth-order valence-electron chi connectivity index (χ4n) is 1.27. The van der Waals surface area contributed by atoms with Crippen LogP contribution in [0.1, 0.15) is 10.4 Å². The summed E-state index contributed by atoms with van der Waals surface area (Å²) >= 11 is 0. The van der Waals surface area contributed by atoms with Gasteiger partial charge in [-0.3, -0.25) is 10.1 Å². The lowest BCUT2D eigenvalue weighted by Crippen LogP contribution is -2.00. The number of para-hydroxylation sites is 2. The van der Waals surface area contributed by atoms with E-state index in [9.17, 15) is 14.9 Å². The average molecular weight is 261 g/mol. The highest BCUT2D eigenvalue weighted by Gasteiger charge is 2.15. The second kappa shape index (κ2) is 5.08. The number of carboxylic acid groups (broad SMARTS) is 1. The monoisotopic (exact) mass is 261 g/mol. The molecule has 0 spiro atoms. The SMILES string of the molecule is O=C(O)c1cnc(Oc2ccccc2[N+](=O)[O-])nc1. The molecule has 0 saturated carbocycles. The number of nitro groups is 1. The van der Waals surface area contributed by atoms with Gasteiger partial charge in [-0.25, -0.2) is 14.8 Å². The first kappa shape index (κ1) is 12.4. The topological polar surface area (TPSA) is 115 Å². The second-order valence-electron chi connectivity index (χ2n) is 3.39. The van der Waals surface area contributed by atoms with Crippen molar-refractivity contribution in [3.63, 3.8) is 0 Å². The maximum Gasteiger partial charge on any atom is 0.338 e. The van der Waals surface area contributed by atoms with Crippen molar-refractivity contribution in [1.29, 1.82) is 0 Å². The number of nitro benzene ring substituents is 1. The van der Waals surface area contributed by atoms with Crippen LogP contribution in [0.4, 0.5) is 5.69 Å². The van der Waals surface area contributed by atoms with Crippen LogP contribution in [-0.2, 0) is 0 Å². The fourth-order valence-corrected chi connectivity index (χ4v) is 1.27. The highest BCUT2D eigenvalue weighted by Crippen LogP contribution is 2.28. The van der Waals surface area contributed by atoms with Crippen molar-refractivity contribution in [3.05, 3.63) is 52.3 Å². The molecule has 2 rings (SSSR count). The van der Waals surface area contributed by atoms with Crippen LogP contribution in [0.25, 0.3) is 0 Å². The van der Waals surface area contributed by atoms with E-state index in [0.29, 0.717) is 0 Å². The van der Waals surface area contributed by atoms with Crippen LogP contribution < -0.4 is 4.74 Å². The van der Waals surface area contributed by atoms with Gasteiger partial charge in [0.05, 0.1) is 10.5 Å². The van der Waals surface area contributed by atoms with E-state index in [1.165, 1.54) is 18.2 Å². The zero-order chi connectivity index (χ0) is 13.8. The number of nitrogens with zero attached hydrogens (tertiary/aromatic N) is 3. The van der Waals surface area contributed by atoms with E-state index >= 15 is 0 Å². The van der Waals surface area contributed by atoms with Crippen molar-refractivity contribution in [3.8, 4) is 11.8 Å². The van der Waals surface area contributed by atoms with Gasteiger partial charge >= 0.3 is 17.7 Å². The molecule has 8 heteroatoms. The number of aromatic nitrogens is 2. The minimum Gasteiger partial charge on any atom is -0.478 e. The first-order valence-corrected chi connectivity index (χ1v) is 5.04. The summed E-state index contributed by atoms with van der Waals surface area (Å²) in [6.45, 7) is 0. The predicted molar refractivity (Wildman–Crippen MR) is 62.2 cm³/mol. The molecule has 0 unspecified atom stereocenters. The number of ether oxygens (including phenoxy) is 1. The Morgan fingerprint density at radius 3 is 2.47 bits per heavy atom. The highest BCUT2D eigenvalue weighted by molar-refractivity contribution is 5.86. The third kappa shape index (κ3) is 2.80. The molecule has 0 bridgehead atoms. The third-order valence-corrected chi connectivity index (χ3v) is 2.14. The van der Waals surface area contributed by atoms with Gasteiger partial charge in [0, 0.05) is 18.5 Å². The summed E-state index contributed by atoms with van der Waals surface area (Å²) in [5.74, 6) is -1.19. The van der Waals surface area contributed by atoms with E-state index in [1.807, 2.05) is 0 Å². The predicted octanol–water partition coefficient (Wildman–Crippen LogP) is 1.88. The Morgan fingerprint density at radius 1 is 1.26 bits per heavy atom. The van der Waals surface area contributed by atoms with Crippen LogP contribution in [-0.4, -0.2) is 26.0 Å². The van der Waals surface area contributed by atoms with Gasteiger partial charge in [0.1, 0.15) is 0 Å². The zero-order valence-corrected chi connectivity index (χ0v) is 9.39. The van der Waals surface area contributed by atoms with Crippen molar-refractivity contribution in [1.82, 2.24) is 9.97 Å². The molecule has 0 radical (unpaired) electrons. The van der Waals surface area contributed by atoms with E-state index in [0.717, 1.165) is 12.4 Å². The molecule has 1 heterocycles. The van der Waals surface area contributed by atoms with Crippen LogP contribution >= 0.6 is 0 Å². The van der Waals surface area contributed by atoms with Crippen molar-refractivity contribution < 1.29 is 19.6 Å². The number of carboxylic acids is 1. The molecule has 0 aliphatic carbocycles. The first-order valence-electron chi connectivity index (χ1n) is 5.04. The Morgan fingerprint density at radius 2 is 1.89 bits per heavy atom. The second-order valence-corrected chi connectivity index (χ2v) is 3.39. The van der Waals surface area contributed by atoms with E-state index in [4.69, 9.17) is 9.84 Å². The number of carbonyl (C=O) groups is 1. The third-order valence-electron chi connectivity index (χ3n) is 2.14. The number of benzene rings is 1. The highest BCUT2D eigenvalue weighted by atomic mass is 16.6. The maximum atomic E-state index is 10.8. The fraction of sp³-hybridized carbons (Fsp3) is 0. The number of rotatable bonds is 4. The van der Waals surface area contributed by atoms with Gasteiger partial charge in [-0.05, 0) is 6.07 Å². The van der Waals surface area contributed by atoms with Gasteiger partial charge in [-0.2, -0.15) is 0 Å². The van der Waals surface area contributed by atoms with Crippen LogP contribution in [0, 0.1) is 10.1 Å². The standard InChI is InChI=1S/C11H7N3O5/c15-10(16)7-5-12-11(13-6-7)19-9-4-2-1-3-8(9)14(17)18/h1-6H,(H,15,16). The molecule has 0 saturated heterocycles. The molecule has 19 heavy (non-hydrogen) atoms. The molecule has 0 atom stereocenters. The van der Waals surface area contributed by atoms with Crippen molar-refractivity contribution in [2.75, 3.05) is 0 Å². The summed E-state index contributed by atoms with van der Waals surface area (Å²) in [5, 5.41) is 19.4. The summed E-state index contributed by atoms with van der Waals surface area (Å²) < 4.78 is 5.15. The lowest BCUT2D eigenvalue weighted by Gasteiger charge is -2.03. The van der Waals surface area contributed by atoms with Gasteiger partial charge in [-0.1, -0.05) is 12.1 Å². The molecule has 1 aromatic carbocycles. The summed E-state index contributed by atoms with van der Waals surface area (Å²) in [7, 11) is 0. The summed E-state index contributed by atoms with van der Waals surface area (Å²) in [6, 6.07) is 5.57. The van der Waals surface area contributed by atoms with Gasteiger partial charge in [0.15, 0.2) is 0 Å². The number of hydrogen-bond acceptors (Lipinski definition) is 6. The molecule has 1 aromatic heterocycles. The lowest BCUT2D eigenvalue weighted by molar-refractivity contribution is -0.385. The van der Waals surface area contributed by atoms with Crippen LogP contribution in [0.15, 0.2) is 36.7 Å². The van der Waals surface area contributed by atoms with Crippen LogP contribution in [0.3, 0.4) is 0 Å². The zero-order valence-electron chi connectivity index (χ0n) is 9.39. The Bertz CT molecular complexity index is 626. The Labute approximate surface area is 106 Å². The summed E-state index contributed by atoms with van der Waals surface area (Å²) in [5.41, 5.74) is -0.330. The molecule has 0 aliphatic heterocycles. The molecular weight excluding hydrogens is 254 g/mol. The molecule has 8 nitrogen and oxygen atoms in total. The van der Waals surface area contributed by atoms with Crippen LogP contribution in [0.5, 0.6) is 11.8 Å². The van der Waals surface area contributed by atoms with Gasteiger partial charge in [-0.15, -0.1) is 0 Å². The molecule has 0 fully saturated rings. The summed E-state index contributed by atoms with van der Waals surface area (Å²) in [6.07, 6.45) is 2.11. The minimum atomic E-state index is -1.17. The molecule has 0 aliphatic rings. The molecule has 1 N–H and O–H groups in total. The van der Waals surface area contributed by atoms with Gasteiger partial charge < -0.3 is 9.84 Å². The largest absolute Gasteiger partial charge is 0.478 e. The van der Waals surface area contributed by atoms with Crippen molar-refractivity contribution in [2.24, 2.45) is 0 Å². The molecule has 0 amide bonds. The van der Waals surface area contributed by atoms with Crippen LogP contribution in [0.2, 0.25) is 0 Å². The van der Waals surface area contributed by atoms with Crippen molar-refractivity contribution >= 4 is 11.7 Å². The normalized spacial score (nSPS) is 9.89. The Kier molecular flexibility index (Phi) is 3.33. The van der Waals surface area contributed by atoms with E-state index < -0.39 is 10.9 Å². The van der Waals surface area contributed by atoms with Gasteiger partial charge in [0.25, 0.3) is 0 Å².